The second kappa shape index (κ2) is 7.70. The molecule has 0 fully saturated rings. The quantitative estimate of drug-likeness (QED) is 0.650. The lowest BCUT2D eigenvalue weighted by atomic mass is 10.2. The van der Waals surface area contributed by atoms with E-state index in [0.717, 1.165) is 15.6 Å². The van der Waals surface area contributed by atoms with Crippen molar-refractivity contribution in [3.63, 3.8) is 0 Å². The normalized spacial score (nSPS) is 10.7. The molecule has 0 aliphatic heterocycles. The molecule has 2 aromatic rings. The van der Waals surface area contributed by atoms with E-state index in [0.29, 0.717) is 5.75 Å². The Bertz CT molecular complexity index is 704. The third-order valence-corrected chi connectivity index (χ3v) is 3.29. The van der Waals surface area contributed by atoms with E-state index in [1.807, 2.05) is 6.07 Å². The van der Waals surface area contributed by atoms with Gasteiger partial charge in [-0.2, -0.15) is 5.10 Å². The van der Waals surface area contributed by atoms with E-state index >= 15 is 0 Å². The van der Waals surface area contributed by atoms with Gasteiger partial charge >= 0.3 is 0 Å². The predicted octanol–water partition coefficient (Wildman–Crippen LogP) is 3.64. The third kappa shape index (κ3) is 4.96. The molecule has 0 bridgehead atoms. The number of amides is 1. The highest BCUT2D eigenvalue weighted by atomic mass is 79.9. The van der Waals surface area contributed by atoms with Gasteiger partial charge in [0.15, 0.2) is 0 Å². The van der Waals surface area contributed by atoms with Crippen LogP contribution in [0.3, 0.4) is 0 Å². The Morgan fingerprint density at radius 1 is 1.36 bits per heavy atom. The molecule has 0 atom stereocenters. The van der Waals surface area contributed by atoms with Crippen LogP contribution in [0.1, 0.15) is 18.1 Å². The number of halogens is 2. The topological polar surface area (TPSA) is 50.7 Å². The van der Waals surface area contributed by atoms with Crippen molar-refractivity contribution < 1.29 is 13.9 Å². The van der Waals surface area contributed by atoms with Crippen LogP contribution in [-0.2, 0) is 11.4 Å². The van der Waals surface area contributed by atoms with E-state index in [4.69, 9.17) is 4.74 Å². The predicted molar refractivity (Wildman–Crippen MR) is 86.3 cm³/mol. The summed E-state index contributed by atoms with van der Waals surface area (Å²) in [6.45, 7) is 1.66. The van der Waals surface area contributed by atoms with E-state index < -0.39 is 0 Å². The van der Waals surface area contributed by atoms with Crippen LogP contribution in [0.2, 0.25) is 0 Å². The Balaban J connectivity index is 2.00. The number of benzene rings is 2. The van der Waals surface area contributed by atoms with Crippen molar-refractivity contribution in [3.8, 4) is 5.75 Å². The van der Waals surface area contributed by atoms with Gasteiger partial charge in [0.2, 0.25) is 5.91 Å². The first-order valence-electron chi connectivity index (χ1n) is 6.51. The van der Waals surface area contributed by atoms with Crippen molar-refractivity contribution >= 4 is 28.1 Å². The van der Waals surface area contributed by atoms with Crippen molar-refractivity contribution in [2.24, 2.45) is 5.10 Å². The number of hydrazone groups is 1. The number of nitrogens with one attached hydrogen (secondary N) is 1. The van der Waals surface area contributed by atoms with E-state index in [-0.39, 0.29) is 18.3 Å². The van der Waals surface area contributed by atoms with Gasteiger partial charge in [0.1, 0.15) is 18.2 Å². The van der Waals surface area contributed by atoms with Crippen molar-refractivity contribution in [2.45, 2.75) is 13.5 Å². The molecule has 114 valence electrons. The summed E-state index contributed by atoms with van der Waals surface area (Å²) in [5, 5.41) is 3.79. The molecule has 4 nitrogen and oxygen atoms in total. The fourth-order valence-corrected chi connectivity index (χ4v) is 2.21. The first-order valence-corrected chi connectivity index (χ1v) is 7.30. The number of rotatable bonds is 5. The Labute approximate surface area is 136 Å². The minimum Gasteiger partial charge on any atom is -0.488 e. The van der Waals surface area contributed by atoms with E-state index in [1.165, 1.54) is 25.3 Å². The average Bonchev–Trinajstić information content (AvgIpc) is 2.46. The SMILES string of the molecule is CC(=O)N/N=C\c1ccc(OCc2cccc(F)c2)c(Br)c1. The maximum absolute atomic E-state index is 13.1. The zero-order valence-corrected chi connectivity index (χ0v) is 13.4. The Hall–Kier alpha value is -2.21. The van der Waals surface area contributed by atoms with Gasteiger partial charge in [-0.05, 0) is 57.4 Å². The number of nitrogens with zero attached hydrogens (tertiary/aromatic N) is 1. The highest BCUT2D eigenvalue weighted by Crippen LogP contribution is 2.26. The van der Waals surface area contributed by atoms with Gasteiger partial charge in [0.05, 0.1) is 10.7 Å². The Kier molecular flexibility index (Phi) is 5.66. The van der Waals surface area contributed by atoms with Gasteiger partial charge in [-0.1, -0.05) is 12.1 Å². The maximum atomic E-state index is 13.1. The smallest absolute Gasteiger partial charge is 0.236 e. The maximum Gasteiger partial charge on any atom is 0.236 e. The van der Waals surface area contributed by atoms with Crippen LogP contribution < -0.4 is 10.2 Å². The summed E-state index contributed by atoms with van der Waals surface area (Å²) < 4.78 is 19.5. The summed E-state index contributed by atoms with van der Waals surface area (Å²) in [5.41, 5.74) is 3.89. The molecule has 0 aliphatic carbocycles. The van der Waals surface area contributed by atoms with Crippen LogP contribution >= 0.6 is 15.9 Å². The lowest BCUT2D eigenvalue weighted by Crippen LogP contribution is -2.12. The van der Waals surface area contributed by atoms with Crippen LogP contribution in [0.4, 0.5) is 4.39 Å². The summed E-state index contributed by atoms with van der Waals surface area (Å²) >= 11 is 3.41. The molecule has 22 heavy (non-hydrogen) atoms. The van der Waals surface area contributed by atoms with E-state index in [1.54, 1.807) is 24.3 Å². The Morgan fingerprint density at radius 2 is 2.18 bits per heavy atom. The monoisotopic (exact) mass is 364 g/mol. The molecule has 1 N–H and O–H groups in total. The van der Waals surface area contributed by atoms with Crippen LogP contribution in [0.15, 0.2) is 52.0 Å². The molecule has 0 saturated heterocycles. The highest BCUT2D eigenvalue weighted by Gasteiger charge is 2.03. The molecule has 2 aromatic carbocycles. The summed E-state index contributed by atoms with van der Waals surface area (Å²) in [5.74, 6) is 0.121. The van der Waals surface area contributed by atoms with Crippen LogP contribution in [0.5, 0.6) is 5.75 Å². The molecule has 0 spiro atoms. The van der Waals surface area contributed by atoms with E-state index in [9.17, 15) is 9.18 Å². The fraction of sp³-hybridized carbons (Fsp3) is 0.125. The lowest BCUT2D eigenvalue weighted by molar-refractivity contribution is -0.118. The second-order valence-electron chi connectivity index (χ2n) is 4.53. The second-order valence-corrected chi connectivity index (χ2v) is 5.39. The third-order valence-electron chi connectivity index (χ3n) is 2.67. The number of ether oxygens (including phenoxy) is 1. The number of hydrogen-bond acceptors (Lipinski definition) is 3. The molecular formula is C16H14BrFN2O2. The van der Waals surface area contributed by atoms with Crippen LogP contribution in [0, 0.1) is 5.82 Å². The van der Waals surface area contributed by atoms with Crippen molar-refractivity contribution in [1.29, 1.82) is 0 Å². The molecule has 0 saturated carbocycles. The molecule has 2 rings (SSSR count). The van der Waals surface area contributed by atoms with Crippen molar-refractivity contribution in [3.05, 3.63) is 63.9 Å². The standard InChI is InChI=1S/C16H14BrFN2O2/c1-11(21)20-19-9-12-5-6-16(15(17)8-12)22-10-13-3-2-4-14(18)7-13/h2-9H,10H2,1H3,(H,20,21)/b19-9-. The molecule has 0 heterocycles. The molecule has 0 radical (unpaired) electrons. The van der Waals surface area contributed by atoms with Gasteiger partial charge in [0.25, 0.3) is 0 Å². The highest BCUT2D eigenvalue weighted by molar-refractivity contribution is 9.10. The largest absolute Gasteiger partial charge is 0.488 e. The number of carbonyl (C=O) groups is 1. The zero-order valence-electron chi connectivity index (χ0n) is 11.8. The molecular weight excluding hydrogens is 351 g/mol. The zero-order chi connectivity index (χ0) is 15.9. The van der Waals surface area contributed by atoms with Gasteiger partial charge in [-0.25, -0.2) is 9.82 Å². The van der Waals surface area contributed by atoms with E-state index in [2.05, 4.69) is 26.5 Å². The number of carbonyl (C=O) groups excluding carboxylic acids is 1. The van der Waals surface area contributed by atoms with Gasteiger partial charge in [-0.3, -0.25) is 4.79 Å². The van der Waals surface area contributed by atoms with Gasteiger partial charge < -0.3 is 4.74 Å². The fourth-order valence-electron chi connectivity index (χ4n) is 1.70. The molecule has 0 aliphatic rings. The Morgan fingerprint density at radius 3 is 2.86 bits per heavy atom. The van der Waals surface area contributed by atoms with Crippen molar-refractivity contribution in [1.82, 2.24) is 5.43 Å². The average molecular weight is 365 g/mol. The lowest BCUT2D eigenvalue weighted by Gasteiger charge is -2.09. The van der Waals surface area contributed by atoms with Gasteiger partial charge in [0, 0.05) is 6.92 Å². The first kappa shape index (κ1) is 16.2. The minimum absolute atomic E-state index is 0.231. The molecule has 0 aromatic heterocycles. The summed E-state index contributed by atoms with van der Waals surface area (Å²) in [7, 11) is 0. The van der Waals surface area contributed by atoms with Crippen LogP contribution in [0.25, 0.3) is 0 Å². The molecule has 6 heteroatoms. The van der Waals surface area contributed by atoms with Crippen LogP contribution in [-0.4, -0.2) is 12.1 Å². The van der Waals surface area contributed by atoms with Gasteiger partial charge in [-0.15, -0.1) is 0 Å². The summed E-state index contributed by atoms with van der Waals surface area (Å²) in [4.78, 5) is 10.7. The molecule has 1 amide bonds. The van der Waals surface area contributed by atoms with Crippen molar-refractivity contribution in [2.75, 3.05) is 0 Å². The number of hydrogen-bond donors (Lipinski definition) is 1. The summed E-state index contributed by atoms with van der Waals surface area (Å²) in [6.07, 6.45) is 1.53. The molecule has 0 unspecified atom stereocenters. The minimum atomic E-state index is -0.287. The first-order chi connectivity index (χ1) is 10.5. The summed E-state index contributed by atoms with van der Waals surface area (Å²) in [6, 6.07) is 11.7.